The molecule has 0 unspecified atom stereocenters. The second-order valence-corrected chi connectivity index (χ2v) is 6.60. The molecule has 0 fully saturated rings. The number of halogens is 3. The SMILES string of the molecule is COc1ccc(N2CC=C(OS(=O)(=O)C(F)(F)F)C[C@H]2C(=O)O)cc1. The van der Waals surface area contributed by atoms with E-state index in [-0.39, 0.29) is 6.54 Å². The summed E-state index contributed by atoms with van der Waals surface area (Å²) in [7, 11) is -4.37. The van der Waals surface area contributed by atoms with Crippen molar-refractivity contribution in [3.05, 3.63) is 36.1 Å². The zero-order valence-electron chi connectivity index (χ0n) is 12.9. The Bertz CT molecular complexity index is 773. The lowest BCUT2D eigenvalue weighted by Crippen LogP contribution is -2.45. The molecular weight excluding hydrogens is 367 g/mol. The van der Waals surface area contributed by atoms with Crippen molar-refractivity contribution in [3.8, 4) is 5.75 Å². The Kier molecular flexibility index (Phi) is 5.16. The van der Waals surface area contributed by atoms with Crippen LogP contribution in [0.4, 0.5) is 18.9 Å². The molecule has 0 bridgehead atoms. The molecule has 0 amide bonds. The van der Waals surface area contributed by atoms with Gasteiger partial charge >= 0.3 is 21.6 Å². The number of anilines is 1. The summed E-state index contributed by atoms with van der Waals surface area (Å²) in [5.74, 6) is -1.34. The third-order valence-electron chi connectivity index (χ3n) is 3.48. The van der Waals surface area contributed by atoms with Crippen LogP contribution in [0.3, 0.4) is 0 Å². The van der Waals surface area contributed by atoms with E-state index in [0.29, 0.717) is 11.4 Å². The Hall–Kier alpha value is -2.43. The van der Waals surface area contributed by atoms with Crippen LogP contribution in [0.15, 0.2) is 36.1 Å². The number of methoxy groups -OCH3 is 1. The first-order valence-corrected chi connectivity index (χ1v) is 8.29. The van der Waals surface area contributed by atoms with Gasteiger partial charge in [0.2, 0.25) is 0 Å². The van der Waals surface area contributed by atoms with Gasteiger partial charge in [-0.2, -0.15) is 21.6 Å². The molecule has 25 heavy (non-hydrogen) atoms. The monoisotopic (exact) mass is 381 g/mol. The van der Waals surface area contributed by atoms with E-state index in [1.807, 2.05) is 0 Å². The molecule has 1 heterocycles. The zero-order valence-corrected chi connectivity index (χ0v) is 13.7. The minimum atomic E-state index is -5.83. The van der Waals surface area contributed by atoms with E-state index >= 15 is 0 Å². The fraction of sp³-hybridized carbons (Fsp3) is 0.357. The van der Waals surface area contributed by atoms with E-state index in [0.717, 1.165) is 6.08 Å². The summed E-state index contributed by atoms with van der Waals surface area (Å²) in [6.07, 6.45) is 0.573. The average molecular weight is 381 g/mol. The van der Waals surface area contributed by atoms with Gasteiger partial charge in [0.15, 0.2) is 0 Å². The van der Waals surface area contributed by atoms with Crippen molar-refractivity contribution >= 4 is 21.8 Å². The van der Waals surface area contributed by atoms with Crippen molar-refractivity contribution in [1.29, 1.82) is 0 Å². The summed E-state index contributed by atoms with van der Waals surface area (Å²) in [6, 6.07) is 5.08. The molecule has 2 rings (SSSR count). The molecule has 0 spiro atoms. The number of hydrogen-bond acceptors (Lipinski definition) is 6. The molecule has 1 aromatic carbocycles. The van der Waals surface area contributed by atoms with Gasteiger partial charge in [-0.25, -0.2) is 4.79 Å². The molecule has 7 nitrogen and oxygen atoms in total. The Morgan fingerprint density at radius 1 is 1.28 bits per heavy atom. The lowest BCUT2D eigenvalue weighted by molar-refractivity contribution is -0.138. The fourth-order valence-corrected chi connectivity index (χ4v) is 2.76. The molecule has 0 saturated heterocycles. The predicted molar refractivity (Wildman–Crippen MR) is 80.5 cm³/mol. The number of carbonyl (C=O) groups is 1. The standard InChI is InChI=1S/C14H14F3NO6S/c1-23-10-4-2-9(3-5-10)18-7-6-11(8-12(18)13(19)20)24-25(21,22)14(15,16)17/h2-6,12H,7-8H2,1H3,(H,19,20)/t12-/m0/s1. The number of nitrogens with zero attached hydrogens (tertiary/aromatic N) is 1. The van der Waals surface area contributed by atoms with Gasteiger partial charge in [-0.3, -0.25) is 0 Å². The lowest BCUT2D eigenvalue weighted by atomic mass is 10.1. The number of benzene rings is 1. The largest absolute Gasteiger partial charge is 0.534 e. The Morgan fingerprint density at radius 2 is 1.88 bits per heavy atom. The van der Waals surface area contributed by atoms with Gasteiger partial charge in [0.1, 0.15) is 17.6 Å². The van der Waals surface area contributed by atoms with Crippen LogP contribution >= 0.6 is 0 Å². The van der Waals surface area contributed by atoms with Crippen LogP contribution in [0, 0.1) is 0 Å². The number of alkyl halides is 3. The molecule has 0 saturated carbocycles. The van der Waals surface area contributed by atoms with Crippen molar-refractivity contribution in [2.45, 2.75) is 18.0 Å². The maximum Gasteiger partial charge on any atom is 0.534 e. The number of aliphatic carboxylic acids is 1. The van der Waals surface area contributed by atoms with E-state index in [9.17, 15) is 31.5 Å². The predicted octanol–water partition coefficient (Wildman–Crippen LogP) is 2.11. The highest BCUT2D eigenvalue weighted by Gasteiger charge is 2.49. The van der Waals surface area contributed by atoms with Crippen LogP contribution in [0.1, 0.15) is 6.42 Å². The van der Waals surface area contributed by atoms with Crippen molar-refractivity contribution < 1.29 is 40.4 Å². The first-order chi connectivity index (χ1) is 11.5. The number of carboxylic acid groups (broad SMARTS) is 1. The zero-order chi connectivity index (χ0) is 18.8. The molecule has 0 aromatic heterocycles. The summed E-state index contributed by atoms with van der Waals surface area (Å²) < 4.78 is 68.3. The highest BCUT2D eigenvalue weighted by Crippen LogP contribution is 2.31. The highest BCUT2D eigenvalue weighted by molar-refractivity contribution is 7.87. The topological polar surface area (TPSA) is 93.1 Å². The van der Waals surface area contributed by atoms with Gasteiger partial charge in [0.05, 0.1) is 7.11 Å². The van der Waals surface area contributed by atoms with Crippen LogP contribution in [0.25, 0.3) is 0 Å². The molecule has 1 aromatic rings. The Labute approximate surface area is 141 Å². The van der Waals surface area contributed by atoms with E-state index in [2.05, 4.69) is 4.18 Å². The molecule has 1 aliphatic rings. The number of carboxylic acids is 1. The van der Waals surface area contributed by atoms with Crippen LogP contribution in [-0.4, -0.2) is 44.7 Å². The van der Waals surface area contributed by atoms with E-state index < -0.39 is 39.8 Å². The van der Waals surface area contributed by atoms with Gasteiger partial charge < -0.3 is 18.9 Å². The third kappa shape index (κ3) is 4.16. The van der Waals surface area contributed by atoms with Crippen molar-refractivity contribution in [2.75, 3.05) is 18.6 Å². The van der Waals surface area contributed by atoms with Gasteiger partial charge in [0.25, 0.3) is 0 Å². The fourth-order valence-electron chi connectivity index (χ4n) is 2.25. The average Bonchev–Trinajstić information content (AvgIpc) is 2.53. The van der Waals surface area contributed by atoms with Crippen LogP contribution in [-0.2, 0) is 19.1 Å². The molecule has 1 aliphatic heterocycles. The van der Waals surface area contributed by atoms with Crippen LogP contribution < -0.4 is 9.64 Å². The van der Waals surface area contributed by atoms with Gasteiger partial charge in [0, 0.05) is 18.7 Å². The van der Waals surface area contributed by atoms with Crippen LogP contribution in [0.2, 0.25) is 0 Å². The summed E-state index contributed by atoms with van der Waals surface area (Å²) in [5, 5.41) is 9.33. The molecule has 1 atom stereocenters. The summed E-state index contributed by atoms with van der Waals surface area (Å²) in [6.45, 7) is -0.133. The van der Waals surface area contributed by atoms with Crippen molar-refractivity contribution in [3.63, 3.8) is 0 Å². The Balaban J connectivity index is 2.25. The summed E-state index contributed by atoms with van der Waals surface area (Å²) in [5.41, 5.74) is -5.10. The maximum atomic E-state index is 12.4. The van der Waals surface area contributed by atoms with E-state index in [1.54, 1.807) is 24.3 Å². The molecule has 0 aliphatic carbocycles. The van der Waals surface area contributed by atoms with Crippen molar-refractivity contribution in [2.24, 2.45) is 0 Å². The normalized spacial score (nSPS) is 18.5. The van der Waals surface area contributed by atoms with Crippen LogP contribution in [0.5, 0.6) is 5.75 Å². The van der Waals surface area contributed by atoms with E-state index in [4.69, 9.17) is 4.74 Å². The van der Waals surface area contributed by atoms with Gasteiger partial charge in [-0.1, -0.05) is 0 Å². The molecule has 1 N–H and O–H groups in total. The summed E-state index contributed by atoms with van der Waals surface area (Å²) >= 11 is 0. The van der Waals surface area contributed by atoms with Crippen molar-refractivity contribution in [1.82, 2.24) is 0 Å². The first-order valence-electron chi connectivity index (χ1n) is 6.88. The second-order valence-electron chi connectivity index (χ2n) is 5.06. The quantitative estimate of drug-likeness (QED) is 0.617. The number of ether oxygens (including phenoxy) is 1. The van der Waals surface area contributed by atoms with Gasteiger partial charge in [-0.15, -0.1) is 0 Å². The molecular formula is C14H14F3NO6S. The minimum absolute atomic E-state index is 0.133. The smallest absolute Gasteiger partial charge is 0.497 e. The molecule has 0 radical (unpaired) electrons. The molecule has 11 heteroatoms. The number of hydrogen-bond donors (Lipinski definition) is 1. The van der Waals surface area contributed by atoms with Gasteiger partial charge in [-0.05, 0) is 30.3 Å². The minimum Gasteiger partial charge on any atom is -0.497 e. The first kappa shape index (κ1) is 18.9. The second kappa shape index (κ2) is 6.82. The third-order valence-corrected chi connectivity index (χ3v) is 4.48. The summed E-state index contributed by atoms with van der Waals surface area (Å²) in [4.78, 5) is 12.8. The maximum absolute atomic E-state index is 12.4. The highest BCUT2D eigenvalue weighted by atomic mass is 32.2. The Morgan fingerprint density at radius 3 is 2.36 bits per heavy atom. The number of rotatable bonds is 5. The van der Waals surface area contributed by atoms with E-state index in [1.165, 1.54) is 12.0 Å². The lowest BCUT2D eigenvalue weighted by Gasteiger charge is -2.34. The molecule has 138 valence electrons.